The van der Waals surface area contributed by atoms with Crippen molar-refractivity contribution in [3.63, 3.8) is 0 Å². The van der Waals surface area contributed by atoms with Gasteiger partial charge < -0.3 is 14.5 Å². The average molecular weight is 329 g/mol. The smallest absolute Gasteiger partial charge is 0.254 e. The van der Waals surface area contributed by atoms with Crippen LogP contribution in [0, 0.1) is 6.92 Å². The zero-order chi connectivity index (χ0) is 17.1. The monoisotopic (exact) mass is 329 g/mol. The van der Waals surface area contributed by atoms with Crippen molar-refractivity contribution in [2.45, 2.75) is 19.6 Å². The van der Waals surface area contributed by atoms with E-state index in [2.05, 4.69) is 20.1 Å². The first kappa shape index (κ1) is 16.6. The van der Waals surface area contributed by atoms with Crippen LogP contribution in [-0.2, 0) is 11.3 Å². The van der Waals surface area contributed by atoms with Gasteiger partial charge in [-0.3, -0.25) is 9.89 Å². The Balaban J connectivity index is 1.72. The SMILES string of the molecule is Cc1nc([C@@H]2CN(C(=O)c3cccc(CN(C)C)c3)CCO2)n[nH]1. The van der Waals surface area contributed by atoms with Gasteiger partial charge in [-0.05, 0) is 38.7 Å². The molecule has 1 aromatic carbocycles. The van der Waals surface area contributed by atoms with Gasteiger partial charge in [0, 0.05) is 18.7 Å². The van der Waals surface area contributed by atoms with Gasteiger partial charge in [-0.1, -0.05) is 12.1 Å². The summed E-state index contributed by atoms with van der Waals surface area (Å²) in [5.74, 6) is 1.37. The summed E-state index contributed by atoms with van der Waals surface area (Å²) in [6, 6.07) is 7.80. The van der Waals surface area contributed by atoms with E-state index in [1.165, 1.54) is 0 Å². The van der Waals surface area contributed by atoms with Gasteiger partial charge in [0.05, 0.1) is 13.2 Å². The highest BCUT2D eigenvalue weighted by Crippen LogP contribution is 2.21. The molecule has 1 amide bonds. The van der Waals surface area contributed by atoms with E-state index in [0.717, 1.165) is 17.9 Å². The first-order valence-electron chi connectivity index (χ1n) is 8.06. The highest BCUT2D eigenvalue weighted by molar-refractivity contribution is 5.94. The van der Waals surface area contributed by atoms with Crippen LogP contribution in [0.3, 0.4) is 0 Å². The number of rotatable bonds is 4. The van der Waals surface area contributed by atoms with E-state index in [1.807, 2.05) is 50.2 Å². The zero-order valence-electron chi connectivity index (χ0n) is 14.3. The predicted octanol–water partition coefficient (Wildman–Crippen LogP) is 1.39. The van der Waals surface area contributed by atoms with Crippen LogP contribution in [0.4, 0.5) is 0 Å². The molecular weight excluding hydrogens is 306 g/mol. The summed E-state index contributed by atoms with van der Waals surface area (Å²) in [5, 5.41) is 6.97. The summed E-state index contributed by atoms with van der Waals surface area (Å²) in [7, 11) is 4.03. The summed E-state index contributed by atoms with van der Waals surface area (Å²) in [6.07, 6.45) is -0.280. The minimum Gasteiger partial charge on any atom is -0.366 e. The van der Waals surface area contributed by atoms with Crippen LogP contribution in [0.15, 0.2) is 24.3 Å². The predicted molar refractivity (Wildman–Crippen MR) is 89.5 cm³/mol. The van der Waals surface area contributed by atoms with Crippen LogP contribution in [0.5, 0.6) is 0 Å². The Morgan fingerprint density at radius 2 is 2.29 bits per heavy atom. The van der Waals surface area contributed by atoms with Crippen molar-refractivity contribution in [1.82, 2.24) is 25.0 Å². The van der Waals surface area contributed by atoms with Gasteiger partial charge in [-0.2, -0.15) is 5.10 Å². The molecule has 0 aliphatic carbocycles. The van der Waals surface area contributed by atoms with Crippen molar-refractivity contribution in [1.29, 1.82) is 0 Å². The zero-order valence-corrected chi connectivity index (χ0v) is 14.3. The number of ether oxygens (including phenoxy) is 1. The standard InChI is InChI=1S/C17H23N5O2/c1-12-18-16(20-19-12)15-11-22(7-8-24-15)17(23)14-6-4-5-13(9-14)10-21(2)3/h4-6,9,15H,7-8,10-11H2,1-3H3,(H,18,19,20)/t15-/m0/s1. The molecule has 128 valence electrons. The Morgan fingerprint density at radius 1 is 1.46 bits per heavy atom. The van der Waals surface area contributed by atoms with Crippen molar-refractivity contribution in [2.24, 2.45) is 0 Å². The molecular formula is C17H23N5O2. The van der Waals surface area contributed by atoms with Crippen molar-refractivity contribution in [2.75, 3.05) is 33.8 Å². The van der Waals surface area contributed by atoms with Gasteiger partial charge in [0.1, 0.15) is 11.9 Å². The summed E-state index contributed by atoms with van der Waals surface area (Å²) in [6.45, 7) is 4.19. The van der Waals surface area contributed by atoms with Crippen LogP contribution in [-0.4, -0.2) is 64.7 Å². The summed E-state index contributed by atoms with van der Waals surface area (Å²) in [5.41, 5.74) is 1.83. The molecule has 1 N–H and O–H groups in total. The fourth-order valence-corrected chi connectivity index (χ4v) is 2.84. The van der Waals surface area contributed by atoms with Crippen molar-refractivity contribution < 1.29 is 9.53 Å². The molecule has 3 rings (SSSR count). The van der Waals surface area contributed by atoms with Crippen LogP contribution >= 0.6 is 0 Å². The number of aromatic amines is 1. The molecule has 7 nitrogen and oxygen atoms in total. The Kier molecular flexibility index (Phi) is 4.92. The van der Waals surface area contributed by atoms with E-state index in [1.54, 1.807) is 0 Å². The van der Waals surface area contributed by atoms with Crippen molar-refractivity contribution >= 4 is 5.91 Å². The third-order valence-corrected chi connectivity index (χ3v) is 3.93. The highest BCUT2D eigenvalue weighted by atomic mass is 16.5. The number of benzene rings is 1. The third-order valence-electron chi connectivity index (χ3n) is 3.93. The fourth-order valence-electron chi connectivity index (χ4n) is 2.84. The Hall–Kier alpha value is -2.25. The Labute approximate surface area is 141 Å². The minimum absolute atomic E-state index is 0.0242. The number of nitrogens with one attached hydrogen (secondary N) is 1. The van der Waals surface area contributed by atoms with E-state index in [-0.39, 0.29) is 12.0 Å². The van der Waals surface area contributed by atoms with Gasteiger partial charge in [0.15, 0.2) is 5.82 Å². The number of carbonyl (C=O) groups is 1. The fraction of sp³-hybridized carbons (Fsp3) is 0.471. The molecule has 1 aromatic heterocycles. The van der Waals surface area contributed by atoms with E-state index in [4.69, 9.17) is 4.74 Å². The lowest BCUT2D eigenvalue weighted by atomic mass is 10.1. The molecule has 0 radical (unpaired) electrons. The van der Waals surface area contributed by atoms with Gasteiger partial charge >= 0.3 is 0 Å². The normalized spacial score (nSPS) is 18.2. The maximum absolute atomic E-state index is 12.8. The molecule has 1 aliphatic rings. The maximum Gasteiger partial charge on any atom is 0.254 e. The van der Waals surface area contributed by atoms with Crippen LogP contribution in [0.1, 0.15) is 33.7 Å². The molecule has 1 fully saturated rings. The first-order valence-corrected chi connectivity index (χ1v) is 8.06. The number of hydrogen-bond acceptors (Lipinski definition) is 5. The molecule has 1 atom stereocenters. The number of H-pyrrole nitrogens is 1. The van der Waals surface area contributed by atoms with Crippen LogP contribution in [0.2, 0.25) is 0 Å². The first-order chi connectivity index (χ1) is 11.5. The van der Waals surface area contributed by atoms with Gasteiger partial charge in [-0.25, -0.2) is 4.98 Å². The van der Waals surface area contributed by atoms with E-state index >= 15 is 0 Å². The van der Waals surface area contributed by atoms with Crippen LogP contribution in [0.25, 0.3) is 0 Å². The summed E-state index contributed by atoms with van der Waals surface area (Å²) >= 11 is 0. The third kappa shape index (κ3) is 3.80. The van der Waals surface area contributed by atoms with Gasteiger partial charge in [-0.15, -0.1) is 0 Å². The second-order valence-electron chi connectivity index (χ2n) is 6.33. The molecule has 0 saturated carbocycles. The topological polar surface area (TPSA) is 74.3 Å². The largest absolute Gasteiger partial charge is 0.366 e. The number of hydrogen-bond donors (Lipinski definition) is 1. The second-order valence-corrected chi connectivity index (χ2v) is 6.33. The van der Waals surface area contributed by atoms with Gasteiger partial charge in [0.2, 0.25) is 0 Å². The molecule has 0 bridgehead atoms. The second kappa shape index (κ2) is 7.11. The number of carbonyl (C=O) groups excluding carboxylic acids is 1. The molecule has 24 heavy (non-hydrogen) atoms. The maximum atomic E-state index is 12.8. The lowest BCUT2D eigenvalue weighted by molar-refractivity contribution is -0.0266. The molecule has 0 unspecified atom stereocenters. The van der Waals surface area contributed by atoms with E-state index in [9.17, 15) is 4.79 Å². The average Bonchev–Trinajstić information content (AvgIpc) is 3.00. The number of aromatic nitrogens is 3. The van der Waals surface area contributed by atoms with Gasteiger partial charge in [0.25, 0.3) is 5.91 Å². The number of morpholine rings is 1. The molecule has 7 heteroatoms. The molecule has 2 heterocycles. The quantitative estimate of drug-likeness (QED) is 0.917. The van der Waals surface area contributed by atoms with Crippen molar-refractivity contribution in [3.8, 4) is 0 Å². The number of amides is 1. The highest BCUT2D eigenvalue weighted by Gasteiger charge is 2.28. The number of aryl methyl sites for hydroxylation is 1. The lowest BCUT2D eigenvalue weighted by Gasteiger charge is -2.31. The lowest BCUT2D eigenvalue weighted by Crippen LogP contribution is -2.42. The Morgan fingerprint density at radius 3 is 3.00 bits per heavy atom. The molecule has 1 saturated heterocycles. The number of nitrogens with zero attached hydrogens (tertiary/aromatic N) is 4. The molecule has 0 spiro atoms. The minimum atomic E-state index is -0.280. The van der Waals surface area contributed by atoms with Crippen LogP contribution < -0.4 is 0 Å². The van der Waals surface area contributed by atoms with Crippen molar-refractivity contribution in [3.05, 3.63) is 47.0 Å². The van der Waals surface area contributed by atoms with E-state index < -0.39 is 0 Å². The summed E-state index contributed by atoms with van der Waals surface area (Å²) in [4.78, 5) is 21.0. The Bertz CT molecular complexity index is 713. The van der Waals surface area contributed by atoms with E-state index in [0.29, 0.717) is 31.1 Å². The molecule has 2 aromatic rings. The molecule has 1 aliphatic heterocycles. The summed E-state index contributed by atoms with van der Waals surface area (Å²) < 4.78 is 5.72.